The number of hydrogen-bond acceptors (Lipinski definition) is 3. The van der Waals surface area contributed by atoms with E-state index in [2.05, 4.69) is 16.8 Å². The molecule has 2 aliphatic rings. The van der Waals surface area contributed by atoms with E-state index in [0.29, 0.717) is 0 Å². The van der Waals surface area contributed by atoms with E-state index in [9.17, 15) is 9.90 Å². The molecular weight excluding hydrogens is 240 g/mol. The highest BCUT2D eigenvalue weighted by molar-refractivity contribution is 5.75. The average molecular weight is 268 g/mol. The number of hydrogen-bond donors (Lipinski definition) is 1. The van der Waals surface area contributed by atoms with Crippen molar-refractivity contribution in [2.45, 2.75) is 44.9 Å². The van der Waals surface area contributed by atoms with Crippen LogP contribution in [0.25, 0.3) is 0 Å². The van der Waals surface area contributed by atoms with Crippen LogP contribution in [0.3, 0.4) is 0 Å². The molecule has 1 saturated heterocycles. The summed E-state index contributed by atoms with van der Waals surface area (Å²) in [5.41, 5.74) is -0.474. The fourth-order valence-corrected chi connectivity index (χ4v) is 3.58. The van der Waals surface area contributed by atoms with Crippen LogP contribution in [0, 0.1) is 5.41 Å². The molecule has 110 valence electrons. The zero-order valence-corrected chi connectivity index (χ0v) is 12.2. The fourth-order valence-electron chi connectivity index (χ4n) is 3.58. The third-order valence-corrected chi connectivity index (χ3v) is 4.83. The number of rotatable bonds is 6. The second kappa shape index (κ2) is 6.71. The lowest BCUT2D eigenvalue weighted by atomic mass is 9.73. The molecule has 4 heteroatoms. The Morgan fingerprint density at radius 3 is 2.37 bits per heavy atom. The van der Waals surface area contributed by atoms with Crippen molar-refractivity contribution in [3.8, 4) is 0 Å². The monoisotopic (exact) mass is 268 g/mol. The minimum Gasteiger partial charge on any atom is -0.481 e. The van der Waals surface area contributed by atoms with Gasteiger partial charge in [0.1, 0.15) is 0 Å². The van der Waals surface area contributed by atoms with Gasteiger partial charge in [-0.15, -0.1) is 0 Å². The van der Waals surface area contributed by atoms with E-state index in [-0.39, 0.29) is 0 Å². The molecule has 1 aliphatic carbocycles. The molecule has 0 aromatic heterocycles. The predicted molar refractivity (Wildman–Crippen MR) is 76.3 cm³/mol. The van der Waals surface area contributed by atoms with Gasteiger partial charge < -0.3 is 14.9 Å². The third kappa shape index (κ3) is 3.93. The molecule has 0 atom stereocenters. The maximum atomic E-state index is 11.6. The molecular formula is C15H28N2O2. The highest BCUT2D eigenvalue weighted by Crippen LogP contribution is 2.37. The largest absolute Gasteiger partial charge is 0.481 e. The molecule has 2 fully saturated rings. The van der Waals surface area contributed by atoms with Crippen LogP contribution in [-0.4, -0.2) is 60.6 Å². The maximum Gasteiger partial charge on any atom is 0.310 e. The minimum atomic E-state index is -0.583. The topological polar surface area (TPSA) is 43.8 Å². The van der Waals surface area contributed by atoms with Crippen molar-refractivity contribution in [3.05, 3.63) is 0 Å². The fraction of sp³-hybridized carbons (Fsp3) is 0.933. The van der Waals surface area contributed by atoms with Gasteiger partial charge in [-0.25, -0.2) is 0 Å². The van der Waals surface area contributed by atoms with Gasteiger partial charge in [-0.2, -0.15) is 0 Å². The first-order chi connectivity index (χ1) is 9.12. The van der Waals surface area contributed by atoms with Gasteiger partial charge in [-0.1, -0.05) is 19.3 Å². The van der Waals surface area contributed by atoms with Crippen LogP contribution < -0.4 is 0 Å². The smallest absolute Gasteiger partial charge is 0.310 e. The van der Waals surface area contributed by atoms with E-state index in [1.807, 2.05) is 0 Å². The van der Waals surface area contributed by atoms with E-state index in [0.717, 1.165) is 45.3 Å². The number of likely N-dealkylation sites (tertiary alicyclic amines) is 1. The molecule has 0 bridgehead atoms. The van der Waals surface area contributed by atoms with Gasteiger partial charge in [0.05, 0.1) is 5.41 Å². The van der Waals surface area contributed by atoms with E-state index >= 15 is 0 Å². The summed E-state index contributed by atoms with van der Waals surface area (Å²) in [4.78, 5) is 16.4. The van der Waals surface area contributed by atoms with Gasteiger partial charge in [-0.05, 0) is 45.8 Å². The number of carbonyl (C=O) groups is 1. The van der Waals surface area contributed by atoms with Crippen molar-refractivity contribution >= 4 is 5.97 Å². The van der Waals surface area contributed by atoms with Crippen LogP contribution in [0.5, 0.6) is 0 Å². The SMILES string of the molecule is CN(CCN1CCCC1)CC1(C(=O)O)CCCCC1. The second-order valence-electron chi connectivity index (χ2n) is 6.43. The van der Waals surface area contributed by atoms with E-state index in [4.69, 9.17) is 0 Å². The molecule has 0 amide bonds. The van der Waals surface area contributed by atoms with Crippen molar-refractivity contribution in [2.75, 3.05) is 39.8 Å². The number of likely N-dealkylation sites (N-methyl/N-ethyl adjacent to an activating group) is 1. The standard InChI is InChI=1S/C15H28N2O2/c1-16(11-12-17-9-5-6-10-17)13-15(14(18)19)7-3-2-4-8-15/h2-13H2,1H3,(H,18,19). The average Bonchev–Trinajstić information content (AvgIpc) is 2.90. The Balaban J connectivity index is 1.80. The molecule has 1 heterocycles. The molecule has 2 rings (SSSR count). The zero-order valence-electron chi connectivity index (χ0n) is 12.2. The number of nitrogens with zero attached hydrogens (tertiary/aromatic N) is 2. The second-order valence-corrected chi connectivity index (χ2v) is 6.43. The van der Waals surface area contributed by atoms with Gasteiger partial charge in [0.2, 0.25) is 0 Å². The van der Waals surface area contributed by atoms with Gasteiger partial charge in [0.25, 0.3) is 0 Å². The van der Waals surface area contributed by atoms with Crippen molar-refractivity contribution in [3.63, 3.8) is 0 Å². The lowest BCUT2D eigenvalue weighted by Gasteiger charge is -2.36. The Morgan fingerprint density at radius 1 is 1.16 bits per heavy atom. The summed E-state index contributed by atoms with van der Waals surface area (Å²) in [6.45, 7) is 5.24. The van der Waals surface area contributed by atoms with Crippen LogP contribution >= 0.6 is 0 Å². The summed E-state index contributed by atoms with van der Waals surface area (Å²) in [6.07, 6.45) is 7.71. The molecule has 0 aromatic carbocycles. The van der Waals surface area contributed by atoms with Crippen molar-refractivity contribution < 1.29 is 9.90 Å². The Labute approximate surface area is 116 Å². The van der Waals surface area contributed by atoms with Crippen LogP contribution in [0.1, 0.15) is 44.9 Å². The van der Waals surface area contributed by atoms with Crippen LogP contribution in [-0.2, 0) is 4.79 Å². The van der Waals surface area contributed by atoms with Crippen LogP contribution in [0.15, 0.2) is 0 Å². The van der Waals surface area contributed by atoms with Crippen molar-refractivity contribution in [1.82, 2.24) is 9.80 Å². The third-order valence-electron chi connectivity index (χ3n) is 4.83. The van der Waals surface area contributed by atoms with Crippen molar-refractivity contribution in [2.24, 2.45) is 5.41 Å². The van der Waals surface area contributed by atoms with Crippen LogP contribution in [0.2, 0.25) is 0 Å². The van der Waals surface area contributed by atoms with Crippen LogP contribution in [0.4, 0.5) is 0 Å². The van der Waals surface area contributed by atoms with Crippen molar-refractivity contribution in [1.29, 1.82) is 0 Å². The Hall–Kier alpha value is -0.610. The molecule has 1 saturated carbocycles. The quantitative estimate of drug-likeness (QED) is 0.801. The number of carboxylic acids is 1. The summed E-state index contributed by atoms with van der Waals surface area (Å²) in [7, 11) is 2.08. The molecule has 0 spiro atoms. The predicted octanol–water partition coefficient (Wildman–Crippen LogP) is 2.05. The highest BCUT2D eigenvalue weighted by atomic mass is 16.4. The van der Waals surface area contributed by atoms with E-state index in [1.165, 1.54) is 32.4 Å². The molecule has 1 aliphatic heterocycles. The van der Waals surface area contributed by atoms with Gasteiger partial charge in [0, 0.05) is 19.6 Å². The number of carboxylic acid groups (broad SMARTS) is 1. The first-order valence-electron chi connectivity index (χ1n) is 7.77. The molecule has 1 N–H and O–H groups in total. The summed E-state index contributed by atoms with van der Waals surface area (Å²) < 4.78 is 0. The molecule has 19 heavy (non-hydrogen) atoms. The summed E-state index contributed by atoms with van der Waals surface area (Å²) in [5, 5.41) is 9.58. The summed E-state index contributed by atoms with van der Waals surface area (Å²) >= 11 is 0. The first-order valence-corrected chi connectivity index (χ1v) is 7.77. The van der Waals surface area contributed by atoms with E-state index < -0.39 is 11.4 Å². The summed E-state index contributed by atoms with van der Waals surface area (Å²) in [5.74, 6) is -0.583. The lowest BCUT2D eigenvalue weighted by Crippen LogP contribution is -2.45. The van der Waals surface area contributed by atoms with E-state index in [1.54, 1.807) is 0 Å². The molecule has 0 unspecified atom stereocenters. The summed E-state index contributed by atoms with van der Waals surface area (Å²) in [6, 6.07) is 0. The normalized spacial score (nSPS) is 23.9. The zero-order chi connectivity index (χ0) is 13.7. The number of aliphatic carboxylic acids is 1. The van der Waals surface area contributed by atoms with Gasteiger partial charge in [0.15, 0.2) is 0 Å². The molecule has 4 nitrogen and oxygen atoms in total. The van der Waals surface area contributed by atoms with Gasteiger partial charge in [-0.3, -0.25) is 4.79 Å². The minimum absolute atomic E-state index is 0.474. The Bertz CT molecular complexity index is 295. The maximum absolute atomic E-state index is 11.6. The lowest BCUT2D eigenvalue weighted by molar-refractivity contribution is -0.152. The molecule has 0 radical (unpaired) electrons. The first kappa shape index (κ1) is 14.8. The Morgan fingerprint density at radius 2 is 1.79 bits per heavy atom. The highest BCUT2D eigenvalue weighted by Gasteiger charge is 2.40. The Kier molecular flexibility index (Phi) is 5.22. The van der Waals surface area contributed by atoms with Gasteiger partial charge >= 0.3 is 5.97 Å². The molecule has 0 aromatic rings.